The van der Waals surface area contributed by atoms with Crippen molar-refractivity contribution >= 4 is 32.5 Å². The summed E-state index contributed by atoms with van der Waals surface area (Å²) in [6, 6.07) is 2.91. The second-order valence-corrected chi connectivity index (χ2v) is 6.57. The van der Waals surface area contributed by atoms with Crippen LogP contribution in [0.15, 0.2) is 16.6 Å². The van der Waals surface area contributed by atoms with Crippen LogP contribution < -0.4 is 5.32 Å². The number of rotatable bonds is 2. The molecule has 108 valence electrons. The second-order valence-electron chi connectivity index (χ2n) is 5.71. The Hall–Kier alpha value is -1.23. The molecule has 2 nitrogen and oxygen atoms in total. The molecule has 0 amide bonds. The third kappa shape index (κ3) is 2.64. The summed E-state index contributed by atoms with van der Waals surface area (Å²) in [5, 5.41) is 3.28. The van der Waals surface area contributed by atoms with Crippen molar-refractivity contribution in [3.05, 3.63) is 33.9 Å². The SMILES string of the molecule is CCNc1cc(C(C)(C)C)nc2c(F)cc(Br)c(F)c12. The Balaban J connectivity index is 2.89. The van der Waals surface area contributed by atoms with Crippen LogP contribution in [-0.4, -0.2) is 11.5 Å². The highest BCUT2D eigenvalue weighted by atomic mass is 79.9. The molecule has 1 N–H and O–H groups in total. The van der Waals surface area contributed by atoms with Crippen molar-refractivity contribution < 1.29 is 8.78 Å². The Bertz CT molecular complexity index is 663. The number of benzene rings is 1. The predicted octanol–water partition coefficient (Wildman–Crippen LogP) is 5.00. The summed E-state index contributed by atoms with van der Waals surface area (Å²) >= 11 is 3.04. The van der Waals surface area contributed by atoms with E-state index in [4.69, 9.17) is 0 Å². The van der Waals surface area contributed by atoms with Crippen molar-refractivity contribution in [3.63, 3.8) is 0 Å². The molecular weight excluding hydrogens is 326 g/mol. The van der Waals surface area contributed by atoms with Gasteiger partial charge in [0.15, 0.2) is 5.82 Å². The molecule has 20 heavy (non-hydrogen) atoms. The first-order chi connectivity index (χ1) is 9.25. The molecule has 0 aliphatic rings. The van der Waals surface area contributed by atoms with Crippen molar-refractivity contribution in [3.8, 4) is 0 Å². The highest BCUT2D eigenvalue weighted by Gasteiger charge is 2.22. The lowest BCUT2D eigenvalue weighted by atomic mass is 9.90. The molecule has 0 radical (unpaired) electrons. The van der Waals surface area contributed by atoms with E-state index >= 15 is 0 Å². The largest absolute Gasteiger partial charge is 0.385 e. The Morgan fingerprint density at radius 3 is 2.45 bits per heavy atom. The van der Waals surface area contributed by atoms with Gasteiger partial charge < -0.3 is 5.32 Å². The van der Waals surface area contributed by atoms with E-state index in [1.54, 1.807) is 6.07 Å². The lowest BCUT2D eigenvalue weighted by Crippen LogP contribution is -2.15. The highest BCUT2D eigenvalue weighted by molar-refractivity contribution is 9.10. The van der Waals surface area contributed by atoms with Crippen LogP contribution in [0.25, 0.3) is 10.9 Å². The molecule has 1 heterocycles. The van der Waals surface area contributed by atoms with Gasteiger partial charge in [-0.1, -0.05) is 20.8 Å². The summed E-state index contributed by atoms with van der Waals surface area (Å²) < 4.78 is 28.5. The van der Waals surface area contributed by atoms with Gasteiger partial charge in [-0.25, -0.2) is 13.8 Å². The molecule has 0 aliphatic heterocycles. The number of aromatic nitrogens is 1. The number of hydrogen-bond acceptors (Lipinski definition) is 2. The van der Waals surface area contributed by atoms with E-state index in [-0.39, 0.29) is 20.8 Å². The molecule has 0 unspecified atom stereocenters. The van der Waals surface area contributed by atoms with Crippen molar-refractivity contribution in [1.29, 1.82) is 0 Å². The Kier molecular flexibility index (Phi) is 4.00. The molecule has 0 bridgehead atoms. The van der Waals surface area contributed by atoms with Crippen LogP contribution in [0.1, 0.15) is 33.4 Å². The summed E-state index contributed by atoms with van der Waals surface area (Å²) in [6.45, 7) is 8.50. The molecule has 0 saturated carbocycles. The minimum atomic E-state index is -0.529. The summed E-state index contributed by atoms with van der Waals surface area (Å²) in [5.74, 6) is -1.02. The minimum Gasteiger partial charge on any atom is -0.385 e. The molecule has 0 atom stereocenters. The maximum absolute atomic E-state index is 14.3. The Labute approximate surface area is 125 Å². The number of hydrogen-bond donors (Lipinski definition) is 1. The molecule has 0 aliphatic carbocycles. The van der Waals surface area contributed by atoms with Crippen molar-refractivity contribution in [2.75, 3.05) is 11.9 Å². The number of halogens is 3. The van der Waals surface area contributed by atoms with E-state index in [1.807, 2.05) is 27.7 Å². The summed E-state index contributed by atoms with van der Waals surface area (Å²) in [4.78, 5) is 4.32. The zero-order chi connectivity index (χ0) is 15.1. The fourth-order valence-electron chi connectivity index (χ4n) is 2.02. The number of anilines is 1. The molecule has 0 saturated heterocycles. The van der Waals surface area contributed by atoms with E-state index < -0.39 is 11.6 Å². The molecule has 0 fully saturated rings. The van der Waals surface area contributed by atoms with Crippen molar-refractivity contribution in [2.24, 2.45) is 0 Å². The normalized spacial score (nSPS) is 11.9. The van der Waals surface area contributed by atoms with Gasteiger partial charge in [-0.15, -0.1) is 0 Å². The van der Waals surface area contributed by atoms with Gasteiger partial charge in [-0.3, -0.25) is 0 Å². The van der Waals surface area contributed by atoms with Gasteiger partial charge in [-0.05, 0) is 35.0 Å². The third-order valence-corrected chi connectivity index (χ3v) is 3.64. The number of nitrogens with one attached hydrogen (secondary N) is 1. The van der Waals surface area contributed by atoms with Crippen LogP contribution in [0.2, 0.25) is 0 Å². The first-order valence-corrected chi connectivity index (χ1v) is 7.27. The summed E-state index contributed by atoms with van der Waals surface area (Å²) in [6.07, 6.45) is 0. The van der Waals surface area contributed by atoms with Gasteiger partial charge in [0.1, 0.15) is 11.3 Å². The molecule has 2 rings (SSSR count). The zero-order valence-corrected chi connectivity index (χ0v) is 13.5. The van der Waals surface area contributed by atoms with Gasteiger partial charge in [0.05, 0.1) is 9.86 Å². The molecule has 0 spiro atoms. The van der Waals surface area contributed by atoms with Crippen molar-refractivity contribution in [1.82, 2.24) is 4.98 Å². The van der Waals surface area contributed by atoms with E-state index in [2.05, 4.69) is 26.2 Å². The highest BCUT2D eigenvalue weighted by Crippen LogP contribution is 2.35. The van der Waals surface area contributed by atoms with Crippen LogP contribution in [0.4, 0.5) is 14.5 Å². The summed E-state index contributed by atoms with van der Waals surface area (Å²) in [7, 11) is 0. The lowest BCUT2D eigenvalue weighted by Gasteiger charge is -2.21. The fraction of sp³-hybridized carbons (Fsp3) is 0.400. The third-order valence-electron chi connectivity index (χ3n) is 3.06. The zero-order valence-electron chi connectivity index (χ0n) is 11.9. The average molecular weight is 343 g/mol. The maximum Gasteiger partial charge on any atom is 0.150 e. The predicted molar refractivity (Wildman–Crippen MR) is 82.2 cm³/mol. The van der Waals surface area contributed by atoms with E-state index in [0.29, 0.717) is 12.2 Å². The molecule has 5 heteroatoms. The number of nitrogens with zero attached hydrogens (tertiary/aromatic N) is 1. The quantitative estimate of drug-likeness (QED) is 0.776. The first-order valence-electron chi connectivity index (χ1n) is 6.48. The topological polar surface area (TPSA) is 24.9 Å². The fourth-order valence-corrected chi connectivity index (χ4v) is 2.42. The molecule has 1 aromatic heterocycles. The van der Waals surface area contributed by atoms with Gasteiger partial charge in [-0.2, -0.15) is 0 Å². The van der Waals surface area contributed by atoms with Crippen molar-refractivity contribution in [2.45, 2.75) is 33.1 Å². The van der Waals surface area contributed by atoms with E-state index in [1.165, 1.54) is 0 Å². The van der Waals surface area contributed by atoms with E-state index in [9.17, 15) is 8.78 Å². The molecule has 2 aromatic rings. The maximum atomic E-state index is 14.3. The monoisotopic (exact) mass is 342 g/mol. The molecule has 1 aromatic carbocycles. The van der Waals surface area contributed by atoms with Crippen LogP contribution in [-0.2, 0) is 5.41 Å². The minimum absolute atomic E-state index is 0.0640. The molecular formula is C15H17BrF2N2. The van der Waals surface area contributed by atoms with Gasteiger partial charge in [0, 0.05) is 23.3 Å². The average Bonchev–Trinajstić information content (AvgIpc) is 2.34. The van der Waals surface area contributed by atoms with Crippen LogP contribution in [0, 0.1) is 11.6 Å². The van der Waals surface area contributed by atoms with Gasteiger partial charge in [0.2, 0.25) is 0 Å². The van der Waals surface area contributed by atoms with Crippen LogP contribution >= 0.6 is 15.9 Å². The number of pyridine rings is 1. The lowest BCUT2D eigenvalue weighted by molar-refractivity contribution is 0.567. The van der Waals surface area contributed by atoms with Gasteiger partial charge in [0.25, 0.3) is 0 Å². The van der Waals surface area contributed by atoms with Gasteiger partial charge >= 0.3 is 0 Å². The summed E-state index contributed by atoms with van der Waals surface area (Å²) in [5.41, 5.74) is 1.12. The first kappa shape index (κ1) is 15.2. The van der Waals surface area contributed by atoms with Crippen LogP contribution in [0.5, 0.6) is 0 Å². The smallest absolute Gasteiger partial charge is 0.150 e. The Morgan fingerprint density at radius 1 is 1.25 bits per heavy atom. The number of fused-ring (bicyclic) bond motifs is 1. The second kappa shape index (κ2) is 5.28. The van der Waals surface area contributed by atoms with E-state index in [0.717, 1.165) is 11.8 Å². The van der Waals surface area contributed by atoms with Crippen LogP contribution in [0.3, 0.4) is 0 Å². The standard InChI is InChI=1S/C15H17BrF2N2/c1-5-19-10-7-11(15(2,3)4)20-14-9(17)6-8(16)13(18)12(10)14/h6-7H,5H2,1-4H3,(H,19,20). The Morgan fingerprint density at radius 2 is 1.90 bits per heavy atom.